The Morgan fingerprint density at radius 2 is 0.941 bits per heavy atom. The topological polar surface area (TPSA) is 349 Å². The third-order valence-corrected chi connectivity index (χ3v) is 28.7. The van der Waals surface area contributed by atoms with E-state index in [9.17, 15) is 38.7 Å². The predicted octanol–water partition coefficient (Wildman–Crippen LogP) is 19.2. The number of fused-ring (bicyclic) bond motifs is 8. The predicted molar refractivity (Wildman–Crippen MR) is 522 cm³/mol. The highest BCUT2D eigenvalue weighted by molar-refractivity contribution is 7.23. The van der Waals surface area contributed by atoms with Gasteiger partial charge in [0.1, 0.15) is 85.9 Å². The van der Waals surface area contributed by atoms with E-state index in [1.54, 1.807) is 157 Å². The summed E-state index contributed by atoms with van der Waals surface area (Å²) in [7, 11) is 17.4. The Labute approximate surface area is 791 Å². The molecule has 13 aromatic heterocycles. The number of ether oxygens (including phenoxy) is 6. The molecule has 3 aliphatic heterocycles. The molecular weight excluding hydrogens is 1800 g/mol. The molecule has 20 rings (SSSR count). The zero-order valence-corrected chi connectivity index (χ0v) is 80.3. The second-order valence-electron chi connectivity index (χ2n) is 33.6. The van der Waals surface area contributed by atoms with Gasteiger partial charge in [-0.15, -0.1) is 45.3 Å². The monoisotopic (exact) mass is 1900 g/mol. The van der Waals surface area contributed by atoms with Crippen LogP contribution in [0.2, 0.25) is 0 Å². The van der Waals surface area contributed by atoms with Gasteiger partial charge in [0.15, 0.2) is 0 Å². The number of nitrogens with zero attached hydrogens (tertiary/aromatic N) is 12. The summed E-state index contributed by atoms with van der Waals surface area (Å²) in [6.07, 6.45) is 14.6. The molecule has 0 spiro atoms. The SMILES string of the molecule is CCc1oc2cc(Oc3ccnc4cc(C(=O)N5CC[C@@H](OC)C5)sc34)ccc2c1C(=O)NC.CNC(=O)c1c(C(C)C)oc2cc(Oc3ccnc4cc(C(=O)N5CC[C@@H](OC)C5)sc34)ccc12.Cc1c(C(=O)N(C)C)c2ccc(Oc3ccnc4cc(C(=O)N5CCC[C@H]5CO)sc34)cc2n1C.Cc1oc2cc(Oc3ccnc4cc(-c5nccn5C)sc34)ccc2c1C(=O)N(C)C. The fraction of sp³-hybridized carbons (Fsp3) is 0.300. The van der Waals surface area contributed by atoms with E-state index in [1.165, 1.54) is 34.0 Å². The number of carbonyl (C=O) groups excluding carboxylic acids is 7. The lowest BCUT2D eigenvalue weighted by Crippen LogP contribution is -2.37. The first-order valence-electron chi connectivity index (χ1n) is 44.0. The van der Waals surface area contributed by atoms with E-state index in [1.807, 2.05) is 152 Å². The van der Waals surface area contributed by atoms with Crippen molar-refractivity contribution in [2.45, 2.75) is 90.9 Å². The number of aliphatic hydroxyl groups excluding tert-OH is 1. The van der Waals surface area contributed by atoms with Crippen molar-refractivity contribution in [2.24, 2.45) is 14.1 Å². The minimum atomic E-state index is -0.178. The number of aromatic nitrogens is 7. The zero-order valence-electron chi connectivity index (χ0n) is 77.1. The van der Waals surface area contributed by atoms with Gasteiger partial charge in [-0.05, 0) is 112 Å². The van der Waals surface area contributed by atoms with Crippen LogP contribution in [0.25, 0.3) is 95.4 Å². The first kappa shape index (κ1) is 92.9. The summed E-state index contributed by atoms with van der Waals surface area (Å²) in [5.74, 6) is 7.19. The highest BCUT2D eigenvalue weighted by Gasteiger charge is 2.35. The van der Waals surface area contributed by atoms with Crippen molar-refractivity contribution < 1.29 is 80.3 Å². The number of thiophene rings is 4. The summed E-state index contributed by atoms with van der Waals surface area (Å²) in [6.45, 7) is 12.9. The molecule has 0 unspecified atom stereocenters. The lowest BCUT2D eigenvalue weighted by atomic mass is 10.0. The fourth-order valence-corrected chi connectivity index (χ4v) is 21.3. The number of likely N-dealkylation sites (tertiary alicyclic amines) is 3. The van der Waals surface area contributed by atoms with Crippen molar-refractivity contribution in [1.82, 2.24) is 69.2 Å². The van der Waals surface area contributed by atoms with Crippen LogP contribution in [-0.2, 0) is 30.0 Å². The molecule has 696 valence electrons. The largest absolute Gasteiger partial charge is 0.460 e. The van der Waals surface area contributed by atoms with E-state index in [2.05, 4.69) is 35.6 Å². The molecule has 0 radical (unpaired) electrons. The third-order valence-electron chi connectivity index (χ3n) is 24.2. The van der Waals surface area contributed by atoms with Gasteiger partial charge in [0.05, 0.1) is 113 Å². The van der Waals surface area contributed by atoms with Crippen molar-refractivity contribution >= 4 is 171 Å². The van der Waals surface area contributed by atoms with E-state index in [4.69, 9.17) is 41.7 Å². The second-order valence-corrected chi connectivity index (χ2v) is 37.8. The molecule has 31 nitrogen and oxygen atoms in total. The van der Waals surface area contributed by atoms with Gasteiger partial charge in [0.2, 0.25) is 0 Å². The Balaban J connectivity index is 0.000000125. The molecule has 16 heterocycles. The van der Waals surface area contributed by atoms with E-state index in [0.717, 1.165) is 93.5 Å². The van der Waals surface area contributed by atoms with Gasteiger partial charge in [-0.25, -0.2) is 4.98 Å². The van der Waals surface area contributed by atoms with Crippen LogP contribution >= 0.6 is 45.3 Å². The molecule has 0 aliphatic carbocycles. The summed E-state index contributed by atoms with van der Waals surface area (Å²) >= 11 is 5.69. The van der Waals surface area contributed by atoms with E-state index in [0.29, 0.717) is 173 Å². The van der Waals surface area contributed by atoms with Crippen LogP contribution in [-0.4, -0.2) is 219 Å². The molecule has 0 bridgehead atoms. The maximum absolute atomic E-state index is 13.1. The number of hydrogen-bond donors (Lipinski definition) is 3. The number of imidazole rings is 1. The zero-order chi connectivity index (χ0) is 95.1. The molecule has 4 aromatic carbocycles. The summed E-state index contributed by atoms with van der Waals surface area (Å²) in [5, 5.41) is 18.1. The lowest BCUT2D eigenvalue weighted by molar-refractivity contribution is 0.0681. The normalized spacial score (nSPS) is 14.8. The van der Waals surface area contributed by atoms with Crippen molar-refractivity contribution in [3.05, 3.63) is 218 Å². The Bertz CT molecular complexity index is 7450. The van der Waals surface area contributed by atoms with Crippen molar-refractivity contribution in [2.75, 3.05) is 95.8 Å². The van der Waals surface area contributed by atoms with Crippen molar-refractivity contribution in [1.29, 1.82) is 0 Å². The van der Waals surface area contributed by atoms with Crippen LogP contribution < -0.4 is 29.6 Å². The van der Waals surface area contributed by atoms with Crippen LogP contribution in [0.15, 0.2) is 172 Å². The number of methoxy groups -OCH3 is 2. The van der Waals surface area contributed by atoms with E-state index < -0.39 is 0 Å². The average molecular weight is 1900 g/mol. The smallest absolute Gasteiger partial charge is 0.264 e. The van der Waals surface area contributed by atoms with Crippen molar-refractivity contribution in [3.8, 4) is 56.7 Å². The van der Waals surface area contributed by atoms with Crippen molar-refractivity contribution in [3.63, 3.8) is 0 Å². The second kappa shape index (κ2) is 39.3. The number of hydrogen-bond acceptors (Lipinski definition) is 26. The van der Waals surface area contributed by atoms with Gasteiger partial charge in [-0.2, -0.15) is 0 Å². The molecule has 17 aromatic rings. The van der Waals surface area contributed by atoms with Crippen LogP contribution in [0.4, 0.5) is 0 Å². The standard InChI is InChI=1S/C26H28N4O4S.C26H27N3O5S.C25H25N3O5S.C23H20N4O3S/c1-15-23(26(33)28(2)3)18-8-7-17(12-20(18)29(15)4)34-21-9-10-27-19-13-22(35-24(19)21)25(32)30-11-5-6-16(30)14-31;1-14(2)23-22(25(30)27-3)17-6-5-15(11-20(17)34-23)33-19-7-9-28-18-12-21(35-24(18)19)26(31)29-10-8-16(13-29)32-4;1-4-18-22(24(29)26-2)16-6-5-14(11-20(16)33-18)32-19-7-9-27-17-12-21(34-23(17)19)25(30)28-10-8-15(13-28)31-3;1-13-20(23(28)26(2)3)15-6-5-14(11-18(15)29-13)30-17-7-8-24-16-12-19(31-21(16)17)22-25-9-10-27(22)4/h7-10,12-13,16,31H,5-6,11,14H2,1-4H3;5-7,9,11-12,14,16H,8,10,13H2,1-4H3,(H,27,30);5-7,9,11-12,15H,4,8,10,13H2,1-3H3,(H,26,29);5-12H,1-4H3/t2*16-;15-;/m011./s1. The summed E-state index contributed by atoms with van der Waals surface area (Å²) in [4.78, 5) is 123. The molecule has 3 aliphatic rings. The van der Waals surface area contributed by atoms with Gasteiger partial charge >= 0.3 is 0 Å². The van der Waals surface area contributed by atoms with Gasteiger partial charge in [0, 0.05) is 229 Å². The van der Waals surface area contributed by atoms with Crippen LogP contribution in [0.5, 0.6) is 46.0 Å². The molecular formula is C100H100N14O17S4. The highest BCUT2D eigenvalue weighted by Crippen LogP contribution is 2.45. The average Bonchev–Trinajstić information content (AvgIpc) is 1.61. The van der Waals surface area contributed by atoms with Gasteiger partial charge in [0.25, 0.3) is 41.4 Å². The number of nitrogens with one attached hydrogen (secondary N) is 2. The molecule has 3 N–H and O–H groups in total. The summed E-state index contributed by atoms with van der Waals surface area (Å²) in [5.41, 5.74) is 8.93. The Morgan fingerprint density at radius 1 is 0.504 bits per heavy atom. The number of pyridine rings is 4. The maximum Gasteiger partial charge on any atom is 0.264 e. The summed E-state index contributed by atoms with van der Waals surface area (Å²) in [6, 6.07) is 36.6. The minimum absolute atomic E-state index is 0.0145. The molecule has 0 saturated carbocycles. The highest BCUT2D eigenvalue weighted by atomic mass is 32.1. The number of carbonyl (C=O) groups is 7. The number of aryl methyl sites for hydroxylation is 4. The molecule has 3 atom stereocenters. The van der Waals surface area contributed by atoms with E-state index in [-0.39, 0.29) is 72.1 Å². The molecule has 3 saturated heterocycles. The third kappa shape index (κ3) is 18.6. The molecule has 3 fully saturated rings. The molecule has 135 heavy (non-hydrogen) atoms. The van der Waals surface area contributed by atoms with Gasteiger partial charge < -0.3 is 91.0 Å². The number of aliphatic hydroxyl groups is 1. The van der Waals surface area contributed by atoms with Crippen LogP contribution in [0, 0.1) is 13.8 Å². The van der Waals surface area contributed by atoms with Gasteiger partial charge in [-0.1, -0.05) is 20.8 Å². The summed E-state index contributed by atoms with van der Waals surface area (Å²) < 4.78 is 60.8. The molecule has 7 amide bonds. The maximum atomic E-state index is 13.1. The number of furan rings is 3. The number of rotatable bonds is 21. The minimum Gasteiger partial charge on any atom is -0.460 e. The fourth-order valence-electron chi connectivity index (χ4n) is 17.1. The van der Waals surface area contributed by atoms with Gasteiger partial charge in [-0.3, -0.25) is 53.5 Å². The quantitative estimate of drug-likeness (QED) is 0.0601. The Morgan fingerprint density at radius 3 is 1.39 bits per heavy atom. The van der Waals surface area contributed by atoms with Crippen LogP contribution in [0.1, 0.15) is 146 Å². The van der Waals surface area contributed by atoms with Crippen LogP contribution in [0.3, 0.4) is 0 Å². The Kier molecular flexibility index (Phi) is 27.1. The van der Waals surface area contributed by atoms with E-state index >= 15 is 0 Å². The molecule has 35 heteroatoms. The number of amides is 7. The number of benzene rings is 4. The first-order valence-corrected chi connectivity index (χ1v) is 47.3. The lowest BCUT2D eigenvalue weighted by Gasteiger charge is -2.22. The first-order chi connectivity index (χ1) is 65.1. The Hall–Kier alpha value is -13.9.